The van der Waals surface area contributed by atoms with Gasteiger partial charge in [0, 0.05) is 17.9 Å². The van der Waals surface area contributed by atoms with E-state index < -0.39 is 6.10 Å². The second-order valence-electron chi connectivity index (χ2n) is 7.79. The molecule has 1 aromatic heterocycles. The Labute approximate surface area is 143 Å². The first kappa shape index (κ1) is 18.9. The Morgan fingerprint density at radius 2 is 2.00 bits per heavy atom. The van der Waals surface area contributed by atoms with E-state index in [9.17, 15) is 9.90 Å². The van der Waals surface area contributed by atoms with Crippen molar-refractivity contribution in [3.8, 4) is 0 Å². The highest BCUT2D eigenvalue weighted by atomic mass is 16.5. The fraction of sp³-hybridized carbons (Fsp3) is 0.824. The molecule has 24 heavy (non-hydrogen) atoms. The summed E-state index contributed by atoms with van der Waals surface area (Å²) in [5.41, 5.74) is -0.129. The molecule has 0 spiro atoms. The van der Waals surface area contributed by atoms with Gasteiger partial charge in [-0.1, -0.05) is 25.9 Å². The van der Waals surface area contributed by atoms with Crippen LogP contribution in [0.25, 0.3) is 0 Å². The summed E-state index contributed by atoms with van der Waals surface area (Å²) in [5.74, 6) is 1.41. The molecule has 136 valence electrons. The summed E-state index contributed by atoms with van der Waals surface area (Å²) in [6.07, 6.45) is 1.09. The van der Waals surface area contributed by atoms with Crippen molar-refractivity contribution in [2.24, 2.45) is 5.92 Å². The van der Waals surface area contributed by atoms with Gasteiger partial charge in [-0.25, -0.2) is 0 Å². The lowest BCUT2D eigenvalue weighted by Crippen LogP contribution is -2.42. The van der Waals surface area contributed by atoms with Gasteiger partial charge in [0.05, 0.1) is 12.1 Å². The number of likely N-dealkylation sites (tertiary alicyclic amines) is 1. The highest BCUT2D eigenvalue weighted by Crippen LogP contribution is 2.27. The van der Waals surface area contributed by atoms with E-state index >= 15 is 0 Å². The maximum absolute atomic E-state index is 12.1. The van der Waals surface area contributed by atoms with E-state index in [1.54, 1.807) is 6.92 Å². The topological polar surface area (TPSA) is 91.5 Å². The van der Waals surface area contributed by atoms with E-state index in [1.165, 1.54) is 0 Å². The molecular formula is C17H30N4O3. The first-order valence-electron chi connectivity index (χ1n) is 8.72. The van der Waals surface area contributed by atoms with E-state index in [-0.39, 0.29) is 23.3 Å². The van der Waals surface area contributed by atoms with Gasteiger partial charge < -0.3 is 14.9 Å². The predicted molar refractivity (Wildman–Crippen MR) is 90.4 cm³/mol. The maximum Gasteiger partial charge on any atom is 0.243 e. The summed E-state index contributed by atoms with van der Waals surface area (Å²) in [6.45, 7) is 11.9. The number of carbonyl (C=O) groups is 1. The molecular weight excluding hydrogens is 308 g/mol. The number of aromatic nitrogens is 2. The monoisotopic (exact) mass is 338 g/mol. The zero-order chi connectivity index (χ0) is 17.9. The van der Waals surface area contributed by atoms with Gasteiger partial charge >= 0.3 is 0 Å². The molecule has 1 aliphatic heterocycles. The van der Waals surface area contributed by atoms with Gasteiger partial charge in [0.1, 0.15) is 0 Å². The highest BCUT2D eigenvalue weighted by Gasteiger charge is 2.31. The third-order valence-corrected chi connectivity index (χ3v) is 4.49. The molecule has 1 saturated heterocycles. The molecule has 0 unspecified atom stereocenters. The molecule has 2 atom stereocenters. The van der Waals surface area contributed by atoms with E-state index in [0.717, 1.165) is 31.8 Å². The largest absolute Gasteiger partial charge is 0.392 e. The molecule has 0 bridgehead atoms. The fourth-order valence-corrected chi connectivity index (χ4v) is 2.81. The lowest BCUT2D eigenvalue weighted by molar-refractivity contribution is -0.127. The molecule has 1 aromatic rings. The average Bonchev–Trinajstić information content (AvgIpc) is 3.02. The van der Waals surface area contributed by atoms with Gasteiger partial charge in [-0.15, -0.1) is 0 Å². The second kappa shape index (κ2) is 7.61. The number of aliphatic hydroxyl groups excluding tert-OH is 1. The molecule has 2 rings (SSSR count). The number of nitrogens with one attached hydrogen (secondary N) is 1. The summed E-state index contributed by atoms with van der Waals surface area (Å²) in [5, 5.41) is 16.1. The van der Waals surface area contributed by atoms with E-state index in [4.69, 9.17) is 4.52 Å². The first-order chi connectivity index (χ1) is 11.2. The van der Waals surface area contributed by atoms with Gasteiger partial charge in [0.15, 0.2) is 5.82 Å². The predicted octanol–water partition coefficient (Wildman–Crippen LogP) is 1.64. The van der Waals surface area contributed by atoms with Gasteiger partial charge in [0.25, 0.3) is 0 Å². The van der Waals surface area contributed by atoms with Crippen LogP contribution in [-0.4, -0.2) is 51.8 Å². The number of aliphatic hydroxyl groups is 1. The van der Waals surface area contributed by atoms with Crippen molar-refractivity contribution in [2.45, 2.75) is 65.0 Å². The van der Waals surface area contributed by atoms with Gasteiger partial charge in [-0.3, -0.25) is 9.69 Å². The van der Waals surface area contributed by atoms with E-state index in [2.05, 4.69) is 48.1 Å². The van der Waals surface area contributed by atoms with Crippen LogP contribution in [0, 0.1) is 5.92 Å². The normalized spacial score (nSPS) is 19.9. The number of hydrogen-bond acceptors (Lipinski definition) is 6. The lowest BCUT2D eigenvalue weighted by atomic mass is 9.94. The van der Waals surface area contributed by atoms with Crippen LogP contribution in [0.1, 0.15) is 65.2 Å². The van der Waals surface area contributed by atoms with Crippen molar-refractivity contribution < 1.29 is 14.4 Å². The molecule has 1 fully saturated rings. The van der Waals surface area contributed by atoms with Crippen molar-refractivity contribution in [3.05, 3.63) is 11.7 Å². The summed E-state index contributed by atoms with van der Waals surface area (Å²) in [4.78, 5) is 18.9. The second-order valence-corrected chi connectivity index (χ2v) is 7.79. The third kappa shape index (κ3) is 4.77. The molecule has 2 heterocycles. The molecule has 1 amide bonds. The minimum absolute atomic E-state index is 0.0139. The number of nitrogens with zero attached hydrogens (tertiary/aromatic N) is 3. The summed E-state index contributed by atoms with van der Waals surface area (Å²) in [7, 11) is 0. The lowest BCUT2D eigenvalue weighted by Gasteiger charge is -2.34. The molecule has 0 radical (unpaired) electrons. The number of hydrogen-bond donors (Lipinski definition) is 2. The van der Waals surface area contributed by atoms with E-state index in [1.807, 2.05) is 0 Å². The Morgan fingerprint density at radius 1 is 1.38 bits per heavy atom. The van der Waals surface area contributed by atoms with Crippen LogP contribution >= 0.6 is 0 Å². The minimum Gasteiger partial charge on any atom is -0.392 e. The average molecular weight is 338 g/mol. The van der Waals surface area contributed by atoms with Crippen molar-refractivity contribution in [3.63, 3.8) is 0 Å². The third-order valence-electron chi connectivity index (χ3n) is 4.49. The van der Waals surface area contributed by atoms with Crippen LogP contribution < -0.4 is 5.32 Å². The molecule has 0 saturated carbocycles. The fourth-order valence-electron chi connectivity index (χ4n) is 2.81. The molecule has 7 heteroatoms. The minimum atomic E-state index is -0.511. The first-order valence-corrected chi connectivity index (χ1v) is 8.72. The van der Waals surface area contributed by atoms with Crippen molar-refractivity contribution in [2.75, 3.05) is 19.6 Å². The zero-order valence-corrected chi connectivity index (χ0v) is 15.4. The molecule has 0 aromatic carbocycles. The van der Waals surface area contributed by atoms with Crippen LogP contribution in [0.2, 0.25) is 0 Å². The van der Waals surface area contributed by atoms with Gasteiger partial charge in [0.2, 0.25) is 11.8 Å². The Hall–Kier alpha value is -1.47. The number of carbonyl (C=O) groups excluding carboxylic acids is 1. The molecule has 1 aliphatic rings. The van der Waals surface area contributed by atoms with Crippen molar-refractivity contribution in [1.82, 2.24) is 20.4 Å². The zero-order valence-electron chi connectivity index (χ0n) is 15.4. The van der Waals surface area contributed by atoms with E-state index in [0.29, 0.717) is 12.4 Å². The Morgan fingerprint density at radius 3 is 2.50 bits per heavy atom. The smallest absolute Gasteiger partial charge is 0.243 e. The Kier molecular flexibility index (Phi) is 5.98. The number of amides is 1. The summed E-state index contributed by atoms with van der Waals surface area (Å²) in [6, 6.07) is 0.0510. The van der Waals surface area contributed by atoms with Crippen molar-refractivity contribution >= 4 is 5.91 Å². The summed E-state index contributed by atoms with van der Waals surface area (Å²) < 4.78 is 5.44. The maximum atomic E-state index is 12.1. The van der Waals surface area contributed by atoms with Crippen LogP contribution in [0.4, 0.5) is 0 Å². The highest BCUT2D eigenvalue weighted by molar-refractivity contribution is 5.78. The quantitative estimate of drug-likeness (QED) is 0.848. The van der Waals surface area contributed by atoms with Crippen LogP contribution in [0.3, 0.4) is 0 Å². The van der Waals surface area contributed by atoms with Gasteiger partial charge in [-0.05, 0) is 39.8 Å². The SMILES string of the molecule is C[C@H](O)CNC(=O)C1CCN([C@@H](C)c2nc(C(C)(C)C)no2)CC1. The summed E-state index contributed by atoms with van der Waals surface area (Å²) >= 11 is 0. The van der Waals surface area contributed by atoms with Crippen molar-refractivity contribution in [1.29, 1.82) is 0 Å². The Balaban J connectivity index is 1.87. The van der Waals surface area contributed by atoms with Crippen LogP contribution in [-0.2, 0) is 10.2 Å². The standard InChI is InChI=1S/C17H30N4O3/c1-11(22)10-18-14(23)13-6-8-21(9-7-13)12(2)15-19-16(20-24-15)17(3,4)5/h11-13,22H,6-10H2,1-5H3,(H,18,23)/t11-,12-/m0/s1. The molecule has 0 aliphatic carbocycles. The molecule has 7 nitrogen and oxygen atoms in total. The number of piperidine rings is 1. The van der Waals surface area contributed by atoms with Crippen LogP contribution in [0.5, 0.6) is 0 Å². The van der Waals surface area contributed by atoms with Crippen LogP contribution in [0.15, 0.2) is 4.52 Å². The number of rotatable bonds is 5. The Bertz CT molecular complexity index is 542. The van der Waals surface area contributed by atoms with Gasteiger partial charge in [-0.2, -0.15) is 4.98 Å². The molecule has 2 N–H and O–H groups in total.